The van der Waals surface area contributed by atoms with Crippen molar-refractivity contribution in [1.29, 1.82) is 0 Å². The van der Waals surface area contributed by atoms with E-state index in [2.05, 4.69) is 21.2 Å². The molecule has 0 atom stereocenters. The molecule has 2 rings (SSSR count). The molecule has 0 unspecified atom stereocenters. The average molecular weight is 426 g/mol. The SMILES string of the molecule is COCCCNC(=O)C(=O)N/N=C\c1ccc(OCC(=O)NCc2ccccc2)cc1. The summed E-state index contributed by atoms with van der Waals surface area (Å²) in [6.45, 7) is 1.18. The zero-order valence-corrected chi connectivity index (χ0v) is 17.3. The minimum Gasteiger partial charge on any atom is -0.484 e. The summed E-state index contributed by atoms with van der Waals surface area (Å²) < 4.78 is 10.3. The predicted octanol–water partition coefficient (Wildman–Crippen LogP) is 0.985. The number of hydrogen-bond donors (Lipinski definition) is 3. The number of amides is 3. The minimum atomic E-state index is -0.852. The molecular weight excluding hydrogens is 400 g/mol. The van der Waals surface area contributed by atoms with Crippen molar-refractivity contribution in [1.82, 2.24) is 16.1 Å². The van der Waals surface area contributed by atoms with Crippen LogP contribution in [-0.4, -0.2) is 50.8 Å². The Morgan fingerprint density at radius 1 is 0.968 bits per heavy atom. The number of methoxy groups -OCH3 is 1. The van der Waals surface area contributed by atoms with Gasteiger partial charge >= 0.3 is 11.8 Å². The third-order valence-corrected chi connectivity index (χ3v) is 3.98. The second kappa shape index (κ2) is 13.5. The van der Waals surface area contributed by atoms with Crippen LogP contribution < -0.4 is 20.8 Å². The molecule has 0 saturated carbocycles. The Labute approximate surface area is 180 Å². The van der Waals surface area contributed by atoms with E-state index in [0.29, 0.717) is 37.4 Å². The number of benzene rings is 2. The van der Waals surface area contributed by atoms with Crippen LogP contribution >= 0.6 is 0 Å². The number of carbonyl (C=O) groups is 3. The Morgan fingerprint density at radius 3 is 2.42 bits per heavy atom. The number of carbonyl (C=O) groups excluding carboxylic acids is 3. The van der Waals surface area contributed by atoms with Gasteiger partial charge in [0.05, 0.1) is 6.21 Å². The summed E-state index contributed by atoms with van der Waals surface area (Å²) in [5, 5.41) is 8.99. The lowest BCUT2D eigenvalue weighted by atomic mass is 10.2. The number of rotatable bonds is 11. The predicted molar refractivity (Wildman–Crippen MR) is 115 cm³/mol. The van der Waals surface area contributed by atoms with E-state index in [9.17, 15) is 14.4 Å². The monoisotopic (exact) mass is 426 g/mol. The van der Waals surface area contributed by atoms with Gasteiger partial charge in [0.25, 0.3) is 5.91 Å². The van der Waals surface area contributed by atoms with Crippen molar-refractivity contribution in [2.75, 3.05) is 26.9 Å². The summed E-state index contributed by atoms with van der Waals surface area (Å²) in [6, 6.07) is 16.4. The highest BCUT2D eigenvalue weighted by atomic mass is 16.5. The van der Waals surface area contributed by atoms with Crippen LogP contribution in [0.3, 0.4) is 0 Å². The standard InChI is InChI=1S/C22H26N4O5/c1-30-13-5-12-23-21(28)22(29)26-25-15-18-8-10-19(11-9-18)31-16-20(27)24-14-17-6-3-2-4-7-17/h2-4,6-11,15H,5,12-14,16H2,1H3,(H,23,28)(H,24,27)(H,26,29)/b25-15-. The molecule has 0 aliphatic carbocycles. The molecule has 0 spiro atoms. The zero-order valence-electron chi connectivity index (χ0n) is 17.3. The molecular formula is C22H26N4O5. The summed E-state index contributed by atoms with van der Waals surface area (Å²) in [4.78, 5) is 35.1. The summed E-state index contributed by atoms with van der Waals surface area (Å²) in [7, 11) is 1.56. The summed E-state index contributed by atoms with van der Waals surface area (Å²) in [6.07, 6.45) is 2.01. The lowest BCUT2D eigenvalue weighted by Crippen LogP contribution is -2.38. The van der Waals surface area contributed by atoms with Crippen LogP contribution in [0, 0.1) is 0 Å². The van der Waals surface area contributed by atoms with Crippen LogP contribution in [0.25, 0.3) is 0 Å². The van der Waals surface area contributed by atoms with Gasteiger partial charge in [0.15, 0.2) is 6.61 Å². The van der Waals surface area contributed by atoms with Gasteiger partial charge in [0.1, 0.15) is 5.75 Å². The minimum absolute atomic E-state index is 0.101. The smallest absolute Gasteiger partial charge is 0.329 e. The first-order chi connectivity index (χ1) is 15.1. The van der Waals surface area contributed by atoms with Crippen LogP contribution in [0.1, 0.15) is 17.5 Å². The van der Waals surface area contributed by atoms with E-state index in [1.165, 1.54) is 6.21 Å². The Kier molecular flexibility index (Phi) is 10.3. The van der Waals surface area contributed by atoms with E-state index in [0.717, 1.165) is 5.56 Å². The topological polar surface area (TPSA) is 118 Å². The molecule has 0 aromatic heterocycles. The molecule has 3 N–H and O–H groups in total. The maximum Gasteiger partial charge on any atom is 0.329 e. The fourth-order valence-electron chi connectivity index (χ4n) is 2.36. The van der Waals surface area contributed by atoms with Crippen LogP contribution in [-0.2, 0) is 25.7 Å². The Balaban J connectivity index is 1.68. The maximum atomic E-state index is 11.9. The number of ether oxygens (including phenoxy) is 2. The lowest BCUT2D eigenvalue weighted by Gasteiger charge is -2.08. The van der Waals surface area contributed by atoms with Gasteiger partial charge in [-0.1, -0.05) is 30.3 Å². The number of hydrazone groups is 1. The first-order valence-corrected chi connectivity index (χ1v) is 9.72. The van der Waals surface area contributed by atoms with Gasteiger partial charge < -0.3 is 20.1 Å². The van der Waals surface area contributed by atoms with Gasteiger partial charge in [-0.2, -0.15) is 5.10 Å². The van der Waals surface area contributed by atoms with Gasteiger partial charge in [-0.05, 0) is 41.8 Å². The Morgan fingerprint density at radius 2 is 1.71 bits per heavy atom. The van der Waals surface area contributed by atoms with Crippen molar-refractivity contribution in [2.24, 2.45) is 5.10 Å². The molecule has 0 saturated heterocycles. The van der Waals surface area contributed by atoms with Gasteiger partial charge in [0.2, 0.25) is 0 Å². The molecule has 3 amide bonds. The molecule has 0 heterocycles. The van der Waals surface area contributed by atoms with E-state index >= 15 is 0 Å². The first-order valence-electron chi connectivity index (χ1n) is 9.72. The van der Waals surface area contributed by atoms with Crippen LogP contribution in [0.2, 0.25) is 0 Å². The fourth-order valence-corrected chi connectivity index (χ4v) is 2.36. The quantitative estimate of drug-likeness (QED) is 0.214. The zero-order chi connectivity index (χ0) is 22.3. The third kappa shape index (κ3) is 9.55. The first kappa shape index (κ1) is 23.6. The maximum absolute atomic E-state index is 11.9. The van der Waals surface area contributed by atoms with Crippen molar-refractivity contribution < 1.29 is 23.9 Å². The number of nitrogens with zero attached hydrogens (tertiary/aromatic N) is 1. The lowest BCUT2D eigenvalue weighted by molar-refractivity contribution is -0.139. The molecule has 9 heteroatoms. The van der Waals surface area contributed by atoms with Crippen LogP contribution in [0.5, 0.6) is 5.75 Å². The van der Waals surface area contributed by atoms with Crippen molar-refractivity contribution in [2.45, 2.75) is 13.0 Å². The van der Waals surface area contributed by atoms with E-state index < -0.39 is 11.8 Å². The van der Waals surface area contributed by atoms with Crippen molar-refractivity contribution in [3.05, 3.63) is 65.7 Å². The summed E-state index contributed by atoms with van der Waals surface area (Å²) >= 11 is 0. The molecule has 31 heavy (non-hydrogen) atoms. The fraction of sp³-hybridized carbons (Fsp3) is 0.273. The normalized spacial score (nSPS) is 10.5. The molecule has 164 valence electrons. The molecule has 2 aromatic rings. The van der Waals surface area contributed by atoms with Crippen LogP contribution in [0.4, 0.5) is 0 Å². The van der Waals surface area contributed by atoms with Crippen molar-refractivity contribution >= 4 is 23.9 Å². The highest BCUT2D eigenvalue weighted by Crippen LogP contribution is 2.11. The largest absolute Gasteiger partial charge is 0.484 e. The van der Waals surface area contributed by atoms with Gasteiger partial charge in [-0.25, -0.2) is 5.43 Å². The third-order valence-electron chi connectivity index (χ3n) is 3.98. The van der Waals surface area contributed by atoms with Crippen molar-refractivity contribution in [3.63, 3.8) is 0 Å². The molecule has 2 aromatic carbocycles. The second-order valence-electron chi connectivity index (χ2n) is 6.42. The van der Waals surface area contributed by atoms with Gasteiger partial charge in [-0.3, -0.25) is 14.4 Å². The van der Waals surface area contributed by atoms with Gasteiger partial charge in [0, 0.05) is 26.8 Å². The molecule has 0 aliphatic rings. The molecule has 9 nitrogen and oxygen atoms in total. The van der Waals surface area contributed by atoms with E-state index in [1.807, 2.05) is 30.3 Å². The van der Waals surface area contributed by atoms with E-state index in [-0.39, 0.29) is 12.5 Å². The molecule has 0 bridgehead atoms. The highest BCUT2D eigenvalue weighted by Gasteiger charge is 2.11. The van der Waals surface area contributed by atoms with Crippen molar-refractivity contribution in [3.8, 4) is 5.75 Å². The average Bonchev–Trinajstić information content (AvgIpc) is 2.80. The van der Waals surface area contributed by atoms with Crippen LogP contribution in [0.15, 0.2) is 59.7 Å². The van der Waals surface area contributed by atoms with Gasteiger partial charge in [-0.15, -0.1) is 0 Å². The molecule has 0 aliphatic heterocycles. The van der Waals surface area contributed by atoms with E-state index in [4.69, 9.17) is 9.47 Å². The summed E-state index contributed by atoms with van der Waals surface area (Å²) in [5.74, 6) is -1.32. The number of hydrogen-bond acceptors (Lipinski definition) is 6. The summed E-state index contributed by atoms with van der Waals surface area (Å²) in [5.41, 5.74) is 3.85. The molecule has 0 radical (unpaired) electrons. The number of nitrogens with one attached hydrogen (secondary N) is 3. The molecule has 0 fully saturated rings. The highest BCUT2D eigenvalue weighted by molar-refractivity contribution is 6.35. The second-order valence-corrected chi connectivity index (χ2v) is 6.42. The Hall–Kier alpha value is -3.72. The Bertz CT molecular complexity index is 869. The van der Waals surface area contributed by atoms with E-state index in [1.54, 1.807) is 31.4 Å².